The Morgan fingerprint density at radius 2 is 1.50 bits per heavy atom. The maximum absolute atomic E-state index is 13.5. The molecule has 188 valence electrons. The topological polar surface area (TPSA) is 49.9 Å². The molecule has 5 nitrogen and oxygen atoms in total. The Kier molecular flexibility index (Phi) is 7.95. The van der Waals surface area contributed by atoms with Crippen LogP contribution in [0.15, 0.2) is 60.7 Å². The van der Waals surface area contributed by atoms with Crippen LogP contribution >= 0.6 is 11.3 Å². The predicted octanol–water partition coefficient (Wildman–Crippen LogP) is 5.39. The van der Waals surface area contributed by atoms with Gasteiger partial charge in [-0.25, -0.2) is 4.79 Å². The van der Waals surface area contributed by atoms with Gasteiger partial charge in [-0.1, -0.05) is 60.7 Å². The van der Waals surface area contributed by atoms with Crippen molar-refractivity contribution in [2.24, 2.45) is 0 Å². The van der Waals surface area contributed by atoms with Crippen LogP contribution in [0.1, 0.15) is 67.4 Å². The molecule has 36 heavy (non-hydrogen) atoms. The number of hydrogen-bond acceptors (Lipinski definition) is 6. The molecule has 0 bridgehead atoms. The number of fused-ring (bicyclic) bond motifs is 1. The van der Waals surface area contributed by atoms with Crippen molar-refractivity contribution in [3.63, 3.8) is 0 Å². The van der Waals surface area contributed by atoms with E-state index in [2.05, 4.69) is 70.5 Å². The first kappa shape index (κ1) is 24.9. The van der Waals surface area contributed by atoms with Crippen LogP contribution in [0.4, 0.5) is 0 Å². The van der Waals surface area contributed by atoms with Gasteiger partial charge < -0.3 is 4.74 Å². The number of carbonyl (C=O) groups excluding carboxylic acids is 2. The number of aryl methyl sites for hydroxylation is 1. The summed E-state index contributed by atoms with van der Waals surface area (Å²) in [6, 6.07) is 21.5. The van der Waals surface area contributed by atoms with Gasteiger partial charge >= 0.3 is 5.97 Å². The van der Waals surface area contributed by atoms with Gasteiger partial charge in [-0.05, 0) is 49.3 Å². The lowest BCUT2D eigenvalue weighted by Crippen LogP contribution is -2.49. The lowest BCUT2D eigenvalue weighted by atomic mass is 9.94. The SMILES string of the molecule is CCOC(=O)c1c(C(=O)CN2CCN(C(c3ccccc3)c3ccccc3)CC2)sc2c1CCCC2. The third-order valence-corrected chi connectivity index (χ3v) is 8.61. The van der Waals surface area contributed by atoms with Crippen LogP contribution in [0, 0.1) is 0 Å². The monoisotopic (exact) mass is 502 g/mol. The minimum Gasteiger partial charge on any atom is -0.462 e. The summed E-state index contributed by atoms with van der Waals surface area (Å²) in [7, 11) is 0. The maximum Gasteiger partial charge on any atom is 0.340 e. The van der Waals surface area contributed by atoms with E-state index in [0.29, 0.717) is 23.6 Å². The first-order valence-corrected chi connectivity index (χ1v) is 13.9. The van der Waals surface area contributed by atoms with E-state index in [1.165, 1.54) is 27.3 Å². The Morgan fingerprint density at radius 3 is 2.11 bits per heavy atom. The number of ketones is 1. The number of Topliss-reactive ketones (excluding diaryl/α,β-unsaturated/α-hetero) is 1. The van der Waals surface area contributed by atoms with Crippen LogP contribution in [0.25, 0.3) is 0 Å². The molecule has 0 saturated carbocycles. The number of thiophene rings is 1. The zero-order valence-electron chi connectivity index (χ0n) is 20.9. The lowest BCUT2D eigenvalue weighted by Gasteiger charge is -2.39. The van der Waals surface area contributed by atoms with Gasteiger partial charge in [-0.15, -0.1) is 11.3 Å². The highest BCUT2D eigenvalue weighted by atomic mass is 32.1. The highest BCUT2D eigenvalue weighted by Gasteiger charge is 2.32. The highest BCUT2D eigenvalue weighted by molar-refractivity contribution is 7.14. The van der Waals surface area contributed by atoms with Crippen molar-refractivity contribution in [1.82, 2.24) is 9.80 Å². The van der Waals surface area contributed by atoms with E-state index in [0.717, 1.165) is 57.4 Å². The molecule has 1 saturated heterocycles. The van der Waals surface area contributed by atoms with Crippen molar-refractivity contribution in [3.05, 3.63) is 92.7 Å². The van der Waals surface area contributed by atoms with E-state index >= 15 is 0 Å². The molecule has 0 radical (unpaired) electrons. The van der Waals surface area contributed by atoms with Gasteiger partial charge in [0.15, 0.2) is 5.78 Å². The molecule has 1 fully saturated rings. The first-order valence-electron chi connectivity index (χ1n) is 13.1. The molecule has 3 aromatic rings. The van der Waals surface area contributed by atoms with Crippen molar-refractivity contribution in [2.45, 2.75) is 38.6 Å². The van der Waals surface area contributed by atoms with Gasteiger partial charge in [0.1, 0.15) is 0 Å². The van der Waals surface area contributed by atoms with E-state index in [9.17, 15) is 9.59 Å². The van der Waals surface area contributed by atoms with Gasteiger partial charge in [-0.2, -0.15) is 0 Å². The summed E-state index contributed by atoms with van der Waals surface area (Å²) in [6.45, 7) is 5.89. The van der Waals surface area contributed by atoms with Gasteiger partial charge in [-0.3, -0.25) is 14.6 Å². The minimum atomic E-state index is -0.335. The fraction of sp³-hybridized carbons (Fsp3) is 0.400. The molecular formula is C30H34N2O3S. The third kappa shape index (κ3) is 5.31. The van der Waals surface area contributed by atoms with Crippen LogP contribution in [0.2, 0.25) is 0 Å². The second-order valence-electron chi connectivity index (χ2n) is 9.59. The van der Waals surface area contributed by atoms with Crippen LogP contribution < -0.4 is 0 Å². The smallest absolute Gasteiger partial charge is 0.340 e. The van der Waals surface area contributed by atoms with E-state index in [1.807, 2.05) is 6.92 Å². The molecule has 0 spiro atoms. The second kappa shape index (κ2) is 11.5. The molecule has 6 heteroatoms. The average Bonchev–Trinajstić information content (AvgIpc) is 3.31. The van der Waals surface area contributed by atoms with Crippen molar-refractivity contribution in [3.8, 4) is 0 Å². The summed E-state index contributed by atoms with van der Waals surface area (Å²) < 4.78 is 5.35. The summed E-state index contributed by atoms with van der Waals surface area (Å²) in [4.78, 5) is 32.8. The number of nitrogens with zero attached hydrogens (tertiary/aromatic N) is 2. The summed E-state index contributed by atoms with van der Waals surface area (Å²) >= 11 is 1.53. The van der Waals surface area contributed by atoms with Crippen molar-refractivity contribution >= 4 is 23.1 Å². The van der Waals surface area contributed by atoms with E-state index < -0.39 is 0 Å². The predicted molar refractivity (Wildman–Crippen MR) is 144 cm³/mol. The summed E-state index contributed by atoms with van der Waals surface area (Å²) in [5.41, 5.74) is 4.19. The Labute approximate surface area is 217 Å². The van der Waals surface area contributed by atoms with Crippen LogP contribution in [-0.4, -0.2) is 60.9 Å². The Hall–Kier alpha value is -2.80. The van der Waals surface area contributed by atoms with Gasteiger partial charge in [0.05, 0.1) is 29.6 Å². The van der Waals surface area contributed by atoms with Crippen molar-refractivity contribution in [1.29, 1.82) is 0 Å². The number of esters is 1. The third-order valence-electron chi connectivity index (χ3n) is 7.27. The Bertz CT molecular complexity index is 1140. The molecule has 2 aromatic carbocycles. The first-order chi connectivity index (χ1) is 17.7. The Morgan fingerprint density at radius 1 is 0.889 bits per heavy atom. The average molecular weight is 503 g/mol. The highest BCUT2D eigenvalue weighted by Crippen LogP contribution is 2.36. The summed E-state index contributed by atoms with van der Waals surface area (Å²) in [5.74, 6) is -0.285. The molecule has 0 N–H and O–H groups in total. The summed E-state index contributed by atoms with van der Waals surface area (Å²) in [5, 5.41) is 0. The fourth-order valence-corrected chi connectivity index (χ4v) is 6.83. The van der Waals surface area contributed by atoms with Gasteiger partial charge in [0.2, 0.25) is 0 Å². The van der Waals surface area contributed by atoms with E-state index in [1.54, 1.807) is 0 Å². The zero-order chi connectivity index (χ0) is 24.9. The molecule has 2 heterocycles. The Balaban J connectivity index is 1.29. The van der Waals surface area contributed by atoms with Crippen molar-refractivity contribution in [2.75, 3.05) is 39.3 Å². The molecule has 1 aromatic heterocycles. The molecular weight excluding hydrogens is 468 g/mol. The standard InChI is InChI=1S/C30H34N2O3S/c1-2-35-30(34)27-24-15-9-10-16-26(24)36-29(27)25(33)21-31-17-19-32(20-18-31)28(22-11-5-3-6-12-22)23-13-7-4-8-14-23/h3-8,11-14,28H,2,9-10,15-21H2,1H3. The quantitative estimate of drug-likeness (QED) is 0.305. The molecule has 1 aliphatic heterocycles. The number of ether oxygens (including phenoxy) is 1. The second-order valence-corrected chi connectivity index (χ2v) is 10.7. The lowest BCUT2D eigenvalue weighted by molar-refractivity contribution is 0.0521. The number of piperazine rings is 1. The molecule has 0 unspecified atom stereocenters. The number of hydrogen-bond donors (Lipinski definition) is 0. The van der Waals surface area contributed by atoms with Gasteiger partial charge in [0.25, 0.3) is 0 Å². The van der Waals surface area contributed by atoms with Gasteiger partial charge in [0, 0.05) is 31.1 Å². The minimum absolute atomic E-state index is 0.0496. The molecule has 0 atom stereocenters. The molecule has 2 aliphatic rings. The maximum atomic E-state index is 13.5. The fourth-order valence-electron chi connectivity index (χ4n) is 5.52. The molecule has 5 rings (SSSR count). The van der Waals surface area contributed by atoms with E-state index in [-0.39, 0.29) is 17.8 Å². The van der Waals surface area contributed by atoms with Crippen molar-refractivity contribution < 1.29 is 14.3 Å². The normalized spacial score (nSPS) is 16.6. The number of rotatable bonds is 8. The van der Waals surface area contributed by atoms with Crippen LogP contribution in [0.5, 0.6) is 0 Å². The largest absolute Gasteiger partial charge is 0.462 e. The molecule has 1 aliphatic carbocycles. The van der Waals surface area contributed by atoms with Crippen LogP contribution in [0.3, 0.4) is 0 Å². The van der Waals surface area contributed by atoms with Crippen LogP contribution in [-0.2, 0) is 17.6 Å². The summed E-state index contributed by atoms with van der Waals surface area (Å²) in [6.07, 6.45) is 4.01. The molecule has 0 amide bonds. The van der Waals surface area contributed by atoms with E-state index in [4.69, 9.17) is 4.74 Å². The number of carbonyl (C=O) groups is 2. The zero-order valence-corrected chi connectivity index (χ0v) is 21.8. The number of benzene rings is 2.